The summed E-state index contributed by atoms with van der Waals surface area (Å²) in [6, 6.07) is 21.5. The van der Waals surface area contributed by atoms with E-state index >= 15 is 0 Å². The largest absolute Gasteiger partial charge is 0.322 e. The van der Waals surface area contributed by atoms with Crippen molar-refractivity contribution < 1.29 is 14.8 Å². The van der Waals surface area contributed by atoms with Crippen molar-refractivity contribution in [2.24, 2.45) is 0 Å². The monoisotopic (exact) mass is 346 g/mol. The number of hydrogen-bond donors (Lipinski definition) is 3. The fourth-order valence-electron chi connectivity index (χ4n) is 2.64. The van der Waals surface area contributed by atoms with Gasteiger partial charge in [-0.2, -0.15) is 0 Å². The first-order valence-electron chi connectivity index (χ1n) is 8.10. The Balaban J connectivity index is 1.95. The van der Waals surface area contributed by atoms with Crippen LogP contribution in [0.1, 0.15) is 26.3 Å². The number of rotatable bonds is 4. The van der Waals surface area contributed by atoms with Crippen LogP contribution in [-0.4, -0.2) is 17.0 Å². The number of carbonyl (C=O) groups is 2. The van der Waals surface area contributed by atoms with Crippen LogP contribution in [-0.2, 0) is 0 Å². The molecule has 0 aliphatic heterocycles. The summed E-state index contributed by atoms with van der Waals surface area (Å²) in [6.07, 6.45) is 0. The van der Waals surface area contributed by atoms with Crippen molar-refractivity contribution in [3.8, 4) is 11.1 Å². The van der Waals surface area contributed by atoms with Gasteiger partial charge in [-0.15, -0.1) is 0 Å². The first-order valence-corrected chi connectivity index (χ1v) is 8.10. The summed E-state index contributed by atoms with van der Waals surface area (Å²) in [4.78, 5) is 24.4. The van der Waals surface area contributed by atoms with Crippen LogP contribution in [0.2, 0.25) is 0 Å². The standard InChI is InChI=1S/C21H18N2O3/c1-14-7-9-16(10-8-14)20(24)22-17-11-12-18(21(25)23-26)19(13-17)15-5-3-2-4-6-15/h2-13,26H,1H3,(H,22,24)(H,23,25). The Bertz CT molecular complexity index is 935. The smallest absolute Gasteiger partial charge is 0.275 e. The van der Waals surface area contributed by atoms with E-state index in [-0.39, 0.29) is 5.91 Å². The predicted octanol–water partition coefficient (Wildman–Crippen LogP) is 4.03. The quantitative estimate of drug-likeness (QED) is 0.493. The molecule has 3 N–H and O–H groups in total. The first-order chi connectivity index (χ1) is 12.6. The van der Waals surface area contributed by atoms with Gasteiger partial charge in [-0.25, -0.2) is 5.48 Å². The molecule has 5 heteroatoms. The summed E-state index contributed by atoms with van der Waals surface area (Å²) >= 11 is 0. The maximum absolute atomic E-state index is 12.4. The molecule has 3 rings (SSSR count). The fraction of sp³-hybridized carbons (Fsp3) is 0.0476. The average molecular weight is 346 g/mol. The van der Waals surface area contributed by atoms with Crippen molar-refractivity contribution in [3.63, 3.8) is 0 Å². The number of benzene rings is 3. The maximum Gasteiger partial charge on any atom is 0.275 e. The van der Waals surface area contributed by atoms with Crippen LogP contribution in [0.25, 0.3) is 11.1 Å². The number of hydroxylamine groups is 1. The molecular weight excluding hydrogens is 328 g/mol. The minimum Gasteiger partial charge on any atom is -0.322 e. The first kappa shape index (κ1) is 17.4. The normalized spacial score (nSPS) is 10.2. The highest BCUT2D eigenvalue weighted by Crippen LogP contribution is 2.27. The highest BCUT2D eigenvalue weighted by Gasteiger charge is 2.14. The van der Waals surface area contributed by atoms with E-state index in [9.17, 15) is 9.59 Å². The molecule has 0 aromatic heterocycles. The number of carbonyl (C=O) groups excluding carboxylic acids is 2. The van der Waals surface area contributed by atoms with Crippen LogP contribution < -0.4 is 10.8 Å². The molecule has 0 radical (unpaired) electrons. The molecule has 0 aliphatic carbocycles. The van der Waals surface area contributed by atoms with Crippen LogP contribution in [0.4, 0.5) is 5.69 Å². The molecule has 3 aromatic carbocycles. The fourth-order valence-corrected chi connectivity index (χ4v) is 2.64. The zero-order valence-corrected chi connectivity index (χ0v) is 14.2. The number of hydrogen-bond acceptors (Lipinski definition) is 3. The summed E-state index contributed by atoms with van der Waals surface area (Å²) in [7, 11) is 0. The molecule has 2 amide bonds. The molecule has 3 aromatic rings. The van der Waals surface area contributed by atoms with Crippen molar-refractivity contribution in [2.45, 2.75) is 6.92 Å². The Kier molecular flexibility index (Phi) is 5.10. The van der Waals surface area contributed by atoms with Crippen LogP contribution in [0, 0.1) is 6.92 Å². The Morgan fingerprint density at radius 3 is 2.19 bits per heavy atom. The van der Waals surface area contributed by atoms with Gasteiger partial charge in [0.1, 0.15) is 0 Å². The Labute approximate surface area is 151 Å². The van der Waals surface area contributed by atoms with Gasteiger partial charge in [0.25, 0.3) is 11.8 Å². The number of amides is 2. The van der Waals surface area contributed by atoms with E-state index in [2.05, 4.69) is 5.32 Å². The molecule has 0 bridgehead atoms. The topological polar surface area (TPSA) is 78.4 Å². The highest BCUT2D eigenvalue weighted by atomic mass is 16.5. The predicted molar refractivity (Wildman–Crippen MR) is 100 cm³/mol. The Morgan fingerprint density at radius 2 is 1.54 bits per heavy atom. The Hall–Kier alpha value is -3.44. The second kappa shape index (κ2) is 7.63. The SMILES string of the molecule is Cc1ccc(C(=O)Nc2ccc(C(=O)NO)c(-c3ccccc3)c2)cc1. The van der Waals surface area contributed by atoms with E-state index in [1.807, 2.05) is 49.4 Å². The average Bonchev–Trinajstić information content (AvgIpc) is 2.68. The molecule has 0 saturated carbocycles. The lowest BCUT2D eigenvalue weighted by Crippen LogP contribution is -2.20. The van der Waals surface area contributed by atoms with Gasteiger partial charge in [-0.05, 0) is 48.4 Å². The summed E-state index contributed by atoms with van der Waals surface area (Å²) in [6.45, 7) is 1.96. The van der Waals surface area contributed by atoms with Crippen LogP contribution >= 0.6 is 0 Å². The minimum atomic E-state index is -0.611. The van der Waals surface area contributed by atoms with Crippen molar-refractivity contribution in [3.05, 3.63) is 89.5 Å². The van der Waals surface area contributed by atoms with Gasteiger partial charge in [0.2, 0.25) is 0 Å². The van der Waals surface area contributed by atoms with Crippen molar-refractivity contribution in [1.82, 2.24) is 5.48 Å². The van der Waals surface area contributed by atoms with Crippen LogP contribution in [0.5, 0.6) is 0 Å². The number of anilines is 1. The van der Waals surface area contributed by atoms with Gasteiger partial charge in [-0.1, -0.05) is 48.0 Å². The number of aryl methyl sites for hydroxylation is 1. The third-order valence-electron chi connectivity index (χ3n) is 4.02. The van der Waals surface area contributed by atoms with Crippen molar-refractivity contribution >= 4 is 17.5 Å². The van der Waals surface area contributed by atoms with E-state index in [1.54, 1.807) is 35.8 Å². The van der Waals surface area contributed by atoms with Gasteiger partial charge in [-0.3, -0.25) is 14.8 Å². The molecule has 0 unspecified atom stereocenters. The third-order valence-corrected chi connectivity index (χ3v) is 4.02. The Morgan fingerprint density at radius 1 is 0.846 bits per heavy atom. The summed E-state index contributed by atoms with van der Waals surface area (Å²) in [5, 5.41) is 11.8. The van der Waals surface area contributed by atoms with Gasteiger partial charge in [0.15, 0.2) is 0 Å². The molecule has 0 spiro atoms. The molecule has 0 aliphatic rings. The van der Waals surface area contributed by atoms with E-state index in [4.69, 9.17) is 5.21 Å². The molecule has 130 valence electrons. The van der Waals surface area contributed by atoms with Gasteiger partial charge in [0, 0.05) is 16.8 Å². The summed E-state index contributed by atoms with van der Waals surface area (Å²) in [5.74, 6) is -0.844. The van der Waals surface area contributed by atoms with Crippen molar-refractivity contribution in [1.29, 1.82) is 0 Å². The summed E-state index contributed by atoms with van der Waals surface area (Å²) in [5.41, 5.74) is 5.57. The van der Waals surface area contributed by atoms with E-state index in [0.29, 0.717) is 22.4 Å². The lowest BCUT2D eigenvalue weighted by atomic mass is 9.98. The lowest BCUT2D eigenvalue weighted by molar-refractivity contribution is 0.0707. The molecule has 0 fully saturated rings. The van der Waals surface area contributed by atoms with E-state index in [0.717, 1.165) is 11.1 Å². The van der Waals surface area contributed by atoms with Crippen molar-refractivity contribution in [2.75, 3.05) is 5.32 Å². The highest BCUT2D eigenvalue weighted by molar-refractivity contribution is 6.06. The third kappa shape index (κ3) is 3.79. The number of nitrogens with one attached hydrogen (secondary N) is 2. The van der Waals surface area contributed by atoms with E-state index in [1.165, 1.54) is 0 Å². The zero-order valence-electron chi connectivity index (χ0n) is 14.2. The summed E-state index contributed by atoms with van der Waals surface area (Å²) < 4.78 is 0. The van der Waals surface area contributed by atoms with E-state index < -0.39 is 5.91 Å². The molecule has 0 heterocycles. The van der Waals surface area contributed by atoms with Crippen LogP contribution in [0.15, 0.2) is 72.8 Å². The second-order valence-corrected chi connectivity index (χ2v) is 5.89. The molecular formula is C21H18N2O3. The minimum absolute atomic E-state index is 0.233. The van der Waals surface area contributed by atoms with Gasteiger partial charge < -0.3 is 5.32 Å². The molecule has 0 atom stereocenters. The van der Waals surface area contributed by atoms with Gasteiger partial charge >= 0.3 is 0 Å². The second-order valence-electron chi connectivity index (χ2n) is 5.89. The van der Waals surface area contributed by atoms with Gasteiger partial charge in [0.05, 0.1) is 0 Å². The van der Waals surface area contributed by atoms with Crippen LogP contribution in [0.3, 0.4) is 0 Å². The maximum atomic E-state index is 12.4. The molecule has 5 nitrogen and oxygen atoms in total. The molecule has 26 heavy (non-hydrogen) atoms. The molecule has 0 saturated heterocycles. The zero-order chi connectivity index (χ0) is 18.5. The lowest BCUT2D eigenvalue weighted by Gasteiger charge is -2.12.